The Morgan fingerprint density at radius 2 is 1.00 bits per heavy atom. The number of ether oxygens (including phenoxy) is 2. The lowest BCUT2D eigenvalue weighted by molar-refractivity contribution is -0.870. The molecular weight excluding hydrogens is 677 g/mol. The first-order valence-electron chi connectivity index (χ1n) is 21.1. The van der Waals surface area contributed by atoms with Gasteiger partial charge in [0.05, 0.1) is 27.7 Å². The summed E-state index contributed by atoms with van der Waals surface area (Å²) in [6, 6.07) is 0. The van der Waals surface area contributed by atoms with Gasteiger partial charge in [0, 0.05) is 12.8 Å². The summed E-state index contributed by atoms with van der Waals surface area (Å²) in [7, 11) is 1.47. The normalized spacial score (nSPS) is 13.9. The Labute approximate surface area is 319 Å². The number of phosphoric ester groups is 1. The maximum absolute atomic E-state index is 12.6. The number of nitrogens with zero attached hydrogens (tertiary/aromatic N) is 1. The van der Waals surface area contributed by atoms with Crippen molar-refractivity contribution in [1.29, 1.82) is 0 Å². The minimum Gasteiger partial charge on any atom is -0.462 e. The van der Waals surface area contributed by atoms with Crippen molar-refractivity contribution >= 4 is 19.8 Å². The SMILES string of the molecule is CCCC/C=C/CCCCCCCC(=O)O[C@@H](COC(=O)CCCCCCCCCCC/C=C/CCCCCC)COP(=O)(O)OCC[N+](C)(C)C. The van der Waals surface area contributed by atoms with Crippen molar-refractivity contribution in [2.24, 2.45) is 0 Å². The summed E-state index contributed by atoms with van der Waals surface area (Å²) < 4.78 is 34.2. The third kappa shape index (κ3) is 38.2. The van der Waals surface area contributed by atoms with Gasteiger partial charge in [-0.2, -0.15) is 0 Å². The van der Waals surface area contributed by atoms with Crippen LogP contribution in [0.25, 0.3) is 0 Å². The monoisotopic (exact) mass is 759 g/mol. The average molecular weight is 759 g/mol. The number of hydrogen-bond donors (Lipinski definition) is 1. The maximum atomic E-state index is 12.6. The van der Waals surface area contributed by atoms with Crippen molar-refractivity contribution in [1.82, 2.24) is 0 Å². The Morgan fingerprint density at radius 1 is 0.577 bits per heavy atom. The Morgan fingerprint density at radius 3 is 1.48 bits per heavy atom. The van der Waals surface area contributed by atoms with Gasteiger partial charge in [-0.15, -0.1) is 0 Å². The van der Waals surface area contributed by atoms with Crippen LogP contribution in [0.5, 0.6) is 0 Å². The lowest BCUT2D eigenvalue weighted by Gasteiger charge is -2.24. The van der Waals surface area contributed by atoms with Crippen LogP contribution >= 0.6 is 7.82 Å². The van der Waals surface area contributed by atoms with E-state index in [2.05, 4.69) is 38.2 Å². The van der Waals surface area contributed by atoms with Crippen LogP contribution in [0, 0.1) is 0 Å². The number of quaternary nitrogens is 1. The van der Waals surface area contributed by atoms with E-state index < -0.39 is 26.5 Å². The van der Waals surface area contributed by atoms with E-state index in [1.54, 1.807) is 0 Å². The molecule has 306 valence electrons. The van der Waals surface area contributed by atoms with Crippen LogP contribution < -0.4 is 0 Å². The molecule has 1 N–H and O–H groups in total. The number of hydrogen-bond acceptors (Lipinski definition) is 7. The van der Waals surface area contributed by atoms with Crippen molar-refractivity contribution in [3.8, 4) is 0 Å². The summed E-state index contributed by atoms with van der Waals surface area (Å²) in [5, 5.41) is 0. The minimum absolute atomic E-state index is 0.0308. The average Bonchev–Trinajstić information content (AvgIpc) is 3.09. The molecule has 0 aliphatic rings. The molecule has 0 aliphatic heterocycles. The van der Waals surface area contributed by atoms with Gasteiger partial charge < -0.3 is 18.9 Å². The van der Waals surface area contributed by atoms with E-state index in [1.165, 1.54) is 89.9 Å². The first kappa shape index (κ1) is 50.5. The Kier molecular flexibility index (Phi) is 34.2. The zero-order valence-electron chi connectivity index (χ0n) is 34.3. The highest BCUT2D eigenvalue weighted by atomic mass is 31.2. The van der Waals surface area contributed by atoms with Gasteiger partial charge in [-0.1, -0.05) is 134 Å². The van der Waals surface area contributed by atoms with Gasteiger partial charge >= 0.3 is 19.8 Å². The third-order valence-electron chi connectivity index (χ3n) is 8.95. The van der Waals surface area contributed by atoms with Crippen LogP contribution in [0.4, 0.5) is 0 Å². The van der Waals surface area contributed by atoms with Crippen LogP contribution in [0.15, 0.2) is 24.3 Å². The van der Waals surface area contributed by atoms with E-state index in [-0.39, 0.29) is 32.0 Å². The molecule has 0 spiro atoms. The van der Waals surface area contributed by atoms with E-state index in [1.807, 2.05) is 21.1 Å². The lowest BCUT2D eigenvalue weighted by Crippen LogP contribution is -2.37. The van der Waals surface area contributed by atoms with Crippen LogP contribution in [0.2, 0.25) is 0 Å². The molecule has 1 unspecified atom stereocenters. The fraction of sp³-hybridized carbons (Fsp3) is 0.857. The fourth-order valence-corrected chi connectivity index (χ4v) is 6.32. The van der Waals surface area contributed by atoms with Gasteiger partial charge in [0.25, 0.3) is 0 Å². The molecule has 0 saturated heterocycles. The third-order valence-corrected chi connectivity index (χ3v) is 9.94. The number of allylic oxidation sites excluding steroid dienone is 4. The zero-order chi connectivity index (χ0) is 38.6. The van der Waals surface area contributed by atoms with Crippen LogP contribution in [-0.4, -0.2) is 74.9 Å². The molecule has 10 heteroatoms. The predicted molar refractivity (Wildman–Crippen MR) is 215 cm³/mol. The fourth-order valence-electron chi connectivity index (χ4n) is 5.58. The molecule has 0 aromatic carbocycles. The number of phosphoric acid groups is 1. The second-order valence-electron chi connectivity index (χ2n) is 15.4. The van der Waals surface area contributed by atoms with Crippen LogP contribution in [0.1, 0.15) is 181 Å². The highest BCUT2D eigenvalue weighted by molar-refractivity contribution is 7.47. The van der Waals surface area contributed by atoms with Crippen molar-refractivity contribution in [2.75, 3.05) is 47.5 Å². The van der Waals surface area contributed by atoms with E-state index in [9.17, 15) is 19.0 Å². The molecule has 52 heavy (non-hydrogen) atoms. The number of esters is 2. The summed E-state index contributed by atoms with van der Waals surface area (Å²) in [6.45, 7) is 4.36. The molecule has 9 nitrogen and oxygen atoms in total. The van der Waals surface area contributed by atoms with Crippen LogP contribution in [0.3, 0.4) is 0 Å². The first-order valence-corrected chi connectivity index (χ1v) is 22.6. The van der Waals surface area contributed by atoms with E-state index in [4.69, 9.17) is 18.5 Å². The van der Waals surface area contributed by atoms with Gasteiger partial charge in [0.2, 0.25) is 0 Å². The highest BCUT2D eigenvalue weighted by Crippen LogP contribution is 2.43. The van der Waals surface area contributed by atoms with Gasteiger partial charge in [-0.05, 0) is 57.8 Å². The molecule has 0 radical (unpaired) electrons. The molecule has 0 aromatic rings. The summed E-state index contributed by atoms with van der Waals surface area (Å²) >= 11 is 0. The molecule has 0 amide bonds. The Hall–Kier alpha value is -1.51. The molecule has 0 bridgehead atoms. The highest BCUT2D eigenvalue weighted by Gasteiger charge is 2.27. The summed E-state index contributed by atoms with van der Waals surface area (Å²) in [5.74, 6) is -0.810. The summed E-state index contributed by atoms with van der Waals surface area (Å²) in [5.41, 5.74) is 0. The number of rotatable bonds is 38. The molecule has 0 aromatic heterocycles. The number of unbranched alkanes of at least 4 members (excludes halogenated alkanes) is 20. The molecule has 0 aliphatic carbocycles. The zero-order valence-corrected chi connectivity index (χ0v) is 35.2. The van der Waals surface area contributed by atoms with Crippen molar-refractivity contribution in [3.63, 3.8) is 0 Å². The smallest absolute Gasteiger partial charge is 0.462 e. The maximum Gasteiger partial charge on any atom is 0.472 e. The van der Waals surface area contributed by atoms with E-state index >= 15 is 0 Å². The molecule has 0 heterocycles. The molecular formula is C42H81NO8P+. The van der Waals surface area contributed by atoms with Crippen LogP contribution in [-0.2, 0) is 32.7 Å². The topological polar surface area (TPSA) is 108 Å². The second kappa shape index (κ2) is 35.2. The molecule has 2 atom stereocenters. The summed E-state index contributed by atoms with van der Waals surface area (Å²) in [6.07, 6.45) is 36.5. The number of likely N-dealkylation sites (N-methyl/N-ethyl adjacent to an activating group) is 1. The first-order chi connectivity index (χ1) is 25.0. The molecule has 0 rings (SSSR count). The largest absolute Gasteiger partial charge is 0.472 e. The van der Waals surface area contributed by atoms with E-state index in [0.29, 0.717) is 17.4 Å². The van der Waals surface area contributed by atoms with Crippen molar-refractivity contribution < 1.29 is 42.1 Å². The van der Waals surface area contributed by atoms with E-state index in [0.717, 1.165) is 57.8 Å². The summed E-state index contributed by atoms with van der Waals surface area (Å²) in [4.78, 5) is 35.2. The van der Waals surface area contributed by atoms with Gasteiger partial charge in [0.1, 0.15) is 19.8 Å². The Bertz CT molecular complexity index is 949. The second-order valence-corrected chi connectivity index (χ2v) is 16.8. The van der Waals surface area contributed by atoms with Gasteiger partial charge in [-0.25, -0.2) is 4.57 Å². The predicted octanol–water partition coefficient (Wildman–Crippen LogP) is 11.6. The number of carbonyl (C=O) groups excluding carboxylic acids is 2. The standard InChI is InChI=1S/C42H80NO8P/c1-6-8-10-12-14-16-18-19-20-21-22-23-25-26-28-30-32-34-41(44)48-38-40(39-50-52(46,47)49-37-36-43(3,4)5)51-42(45)35-33-31-29-27-24-17-15-13-11-9-7-2/h13,15-16,18,40H,6-12,14,17,19-39H2,1-5H3/p+1/b15-13+,18-16+/t40-/m0/s1. The minimum atomic E-state index is -4.37. The number of carbonyl (C=O) groups is 2. The van der Waals surface area contributed by atoms with Gasteiger partial charge in [-0.3, -0.25) is 18.6 Å². The molecule has 0 saturated carbocycles. The Balaban J connectivity index is 4.34. The quantitative estimate of drug-likeness (QED) is 0.0218. The van der Waals surface area contributed by atoms with Crippen molar-refractivity contribution in [2.45, 2.75) is 187 Å². The van der Waals surface area contributed by atoms with Crippen molar-refractivity contribution in [3.05, 3.63) is 24.3 Å². The molecule has 0 fully saturated rings. The van der Waals surface area contributed by atoms with Gasteiger partial charge in [0.15, 0.2) is 6.10 Å². The lowest BCUT2D eigenvalue weighted by atomic mass is 10.1.